The van der Waals surface area contributed by atoms with E-state index in [1.807, 2.05) is 25.1 Å². The van der Waals surface area contributed by atoms with Gasteiger partial charge in [-0.3, -0.25) is 4.79 Å². The van der Waals surface area contributed by atoms with Crippen LogP contribution in [0.2, 0.25) is 0 Å². The molecule has 1 aliphatic heterocycles. The van der Waals surface area contributed by atoms with E-state index in [1.165, 1.54) is 6.20 Å². The zero-order valence-electron chi connectivity index (χ0n) is 12.6. The lowest BCUT2D eigenvalue weighted by atomic mass is 10.2. The first-order chi connectivity index (χ1) is 10.6. The fourth-order valence-electron chi connectivity index (χ4n) is 2.37. The molecule has 1 saturated heterocycles. The molecule has 1 aliphatic rings. The molecule has 3 heterocycles. The van der Waals surface area contributed by atoms with Crippen molar-refractivity contribution in [1.29, 1.82) is 0 Å². The number of piperazine rings is 1. The average Bonchev–Trinajstić information content (AvgIpc) is 3.09. The number of amides is 1. The van der Waals surface area contributed by atoms with E-state index < -0.39 is 0 Å². The van der Waals surface area contributed by atoms with Gasteiger partial charge in [-0.15, -0.1) is 5.10 Å². The van der Waals surface area contributed by atoms with Gasteiger partial charge in [-0.25, -0.2) is 0 Å². The second kappa shape index (κ2) is 6.00. The van der Waals surface area contributed by atoms with E-state index in [4.69, 9.17) is 4.52 Å². The number of rotatable bonds is 3. The van der Waals surface area contributed by atoms with E-state index in [2.05, 4.69) is 20.3 Å². The molecule has 1 fully saturated rings. The van der Waals surface area contributed by atoms with Crippen molar-refractivity contribution in [3.63, 3.8) is 0 Å². The molecule has 0 radical (unpaired) electrons. The Morgan fingerprint density at radius 3 is 2.68 bits per heavy atom. The molecule has 8 nitrogen and oxygen atoms in total. The van der Waals surface area contributed by atoms with Gasteiger partial charge in [0, 0.05) is 52.4 Å². The molecule has 0 saturated carbocycles. The summed E-state index contributed by atoms with van der Waals surface area (Å²) in [6.07, 6.45) is 3.21. The van der Waals surface area contributed by atoms with Crippen molar-refractivity contribution in [2.24, 2.45) is 0 Å². The van der Waals surface area contributed by atoms with Crippen LogP contribution in [-0.2, 0) is 0 Å². The van der Waals surface area contributed by atoms with Crippen LogP contribution in [0.5, 0.6) is 0 Å². The van der Waals surface area contributed by atoms with Crippen molar-refractivity contribution in [3.05, 3.63) is 30.3 Å². The summed E-state index contributed by atoms with van der Waals surface area (Å²) in [4.78, 5) is 18.1. The smallest absolute Gasteiger partial charge is 0.292 e. The normalized spacial score (nSPS) is 15.0. The summed E-state index contributed by atoms with van der Waals surface area (Å²) in [7, 11) is 3.93. The minimum absolute atomic E-state index is 0.120. The fourth-order valence-corrected chi connectivity index (χ4v) is 2.37. The lowest BCUT2D eigenvalue weighted by Crippen LogP contribution is -2.49. The molecule has 22 heavy (non-hydrogen) atoms. The lowest BCUT2D eigenvalue weighted by molar-refractivity contribution is 0.0704. The van der Waals surface area contributed by atoms with Gasteiger partial charge in [0.1, 0.15) is 0 Å². The third-order valence-electron chi connectivity index (χ3n) is 3.68. The Kier molecular flexibility index (Phi) is 3.90. The van der Waals surface area contributed by atoms with Crippen molar-refractivity contribution >= 4 is 17.4 Å². The zero-order valence-corrected chi connectivity index (χ0v) is 12.6. The topological polar surface area (TPSA) is 78.6 Å². The Balaban J connectivity index is 1.64. The Hall–Kier alpha value is -2.64. The molecular weight excluding hydrogens is 284 g/mol. The standard InChI is InChI=1S/C14H18N6O2/c1-18(2)11-9-13(17-15-10-11)19-5-7-20(8-6-19)14(21)12-3-4-16-22-12/h3-4,9-10H,5-8H2,1-2H3. The van der Waals surface area contributed by atoms with Gasteiger partial charge in [-0.1, -0.05) is 5.16 Å². The van der Waals surface area contributed by atoms with Crippen molar-refractivity contribution < 1.29 is 9.32 Å². The molecule has 2 aromatic rings. The van der Waals surface area contributed by atoms with Crippen molar-refractivity contribution in [2.45, 2.75) is 0 Å². The first-order valence-corrected chi connectivity index (χ1v) is 7.10. The van der Waals surface area contributed by atoms with Gasteiger partial charge in [0.15, 0.2) is 5.82 Å². The van der Waals surface area contributed by atoms with Crippen LogP contribution in [0.4, 0.5) is 11.5 Å². The number of anilines is 2. The van der Waals surface area contributed by atoms with E-state index in [-0.39, 0.29) is 11.7 Å². The quantitative estimate of drug-likeness (QED) is 0.816. The van der Waals surface area contributed by atoms with Gasteiger partial charge in [-0.2, -0.15) is 5.10 Å². The maximum Gasteiger partial charge on any atom is 0.292 e. The van der Waals surface area contributed by atoms with Gasteiger partial charge in [0.25, 0.3) is 5.91 Å². The molecule has 0 spiro atoms. The third kappa shape index (κ3) is 2.85. The summed E-state index contributed by atoms with van der Waals surface area (Å²) < 4.78 is 4.92. The minimum atomic E-state index is -0.120. The predicted octanol–water partition coefficient (Wildman–Crippen LogP) is 0.493. The van der Waals surface area contributed by atoms with Gasteiger partial charge in [0.05, 0.1) is 18.1 Å². The highest BCUT2D eigenvalue weighted by atomic mass is 16.5. The second-order valence-electron chi connectivity index (χ2n) is 5.32. The van der Waals surface area contributed by atoms with Crippen LogP contribution < -0.4 is 9.80 Å². The molecule has 1 amide bonds. The molecule has 3 rings (SSSR count). The molecule has 8 heteroatoms. The maximum absolute atomic E-state index is 12.2. The highest BCUT2D eigenvalue weighted by Gasteiger charge is 2.25. The number of hydrogen-bond donors (Lipinski definition) is 0. The van der Waals surface area contributed by atoms with Gasteiger partial charge in [0.2, 0.25) is 5.76 Å². The van der Waals surface area contributed by atoms with Crippen molar-refractivity contribution in [3.8, 4) is 0 Å². The largest absolute Gasteiger partial charge is 0.376 e. The van der Waals surface area contributed by atoms with Crippen molar-refractivity contribution in [2.75, 3.05) is 50.1 Å². The summed E-state index contributed by atoms with van der Waals surface area (Å²) in [6, 6.07) is 3.58. The molecule has 2 aromatic heterocycles. The molecule has 0 aromatic carbocycles. The molecule has 0 atom stereocenters. The monoisotopic (exact) mass is 302 g/mol. The molecule has 0 aliphatic carbocycles. The van der Waals surface area contributed by atoms with Gasteiger partial charge in [-0.05, 0) is 0 Å². The van der Waals surface area contributed by atoms with Crippen LogP contribution in [0.1, 0.15) is 10.6 Å². The van der Waals surface area contributed by atoms with Crippen LogP contribution in [0, 0.1) is 0 Å². The molecule has 0 N–H and O–H groups in total. The Bertz CT molecular complexity index is 635. The van der Waals surface area contributed by atoms with E-state index in [0.29, 0.717) is 26.2 Å². The fraction of sp³-hybridized carbons (Fsp3) is 0.429. The van der Waals surface area contributed by atoms with E-state index in [9.17, 15) is 4.79 Å². The summed E-state index contributed by atoms with van der Waals surface area (Å²) in [5, 5.41) is 11.8. The number of hydrogen-bond acceptors (Lipinski definition) is 7. The SMILES string of the molecule is CN(C)c1cnnc(N2CCN(C(=O)c3ccno3)CC2)c1. The molecule has 0 unspecified atom stereocenters. The van der Waals surface area contributed by atoms with Crippen LogP contribution >= 0.6 is 0 Å². The van der Waals surface area contributed by atoms with E-state index >= 15 is 0 Å². The number of carbonyl (C=O) groups excluding carboxylic acids is 1. The van der Waals surface area contributed by atoms with Crippen LogP contribution in [0.3, 0.4) is 0 Å². The maximum atomic E-state index is 12.2. The lowest BCUT2D eigenvalue weighted by Gasteiger charge is -2.34. The summed E-state index contributed by atoms with van der Waals surface area (Å²) in [6.45, 7) is 2.66. The van der Waals surface area contributed by atoms with Gasteiger partial charge < -0.3 is 19.2 Å². The first-order valence-electron chi connectivity index (χ1n) is 7.10. The average molecular weight is 302 g/mol. The highest BCUT2D eigenvalue weighted by Crippen LogP contribution is 2.19. The van der Waals surface area contributed by atoms with E-state index in [0.717, 1.165) is 11.5 Å². The highest BCUT2D eigenvalue weighted by molar-refractivity contribution is 5.91. The summed E-state index contributed by atoms with van der Waals surface area (Å²) >= 11 is 0. The number of carbonyl (C=O) groups is 1. The second-order valence-corrected chi connectivity index (χ2v) is 5.32. The van der Waals surface area contributed by atoms with E-state index in [1.54, 1.807) is 17.2 Å². The van der Waals surface area contributed by atoms with Gasteiger partial charge >= 0.3 is 0 Å². The molecular formula is C14H18N6O2. The predicted molar refractivity (Wildman–Crippen MR) is 81.0 cm³/mol. The Morgan fingerprint density at radius 1 is 1.27 bits per heavy atom. The number of aromatic nitrogens is 3. The summed E-state index contributed by atoms with van der Waals surface area (Å²) in [5.41, 5.74) is 1.00. The minimum Gasteiger partial charge on any atom is -0.376 e. The van der Waals surface area contributed by atoms with Crippen molar-refractivity contribution in [1.82, 2.24) is 20.3 Å². The first kappa shape index (κ1) is 14.3. The molecule has 116 valence electrons. The number of nitrogens with zero attached hydrogens (tertiary/aromatic N) is 6. The Morgan fingerprint density at radius 2 is 2.05 bits per heavy atom. The zero-order chi connectivity index (χ0) is 15.5. The molecule has 0 bridgehead atoms. The third-order valence-corrected chi connectivity index (χ3v) is 3.68. The summed E-state index contributed by atoms with van der Waals surface area (Å²) in [5.74, 6) is 0.992. The van der Waals surface area contributed by atoms with Crippen LogP contribution in [0.25, 0.3) is 0 Å². The Labute approximate surface area is 128 Å². The van der Waals surface area contributed by atoms with Crippen LogP contribution in [0.15, 0.2) is 29.0 Å². The van der Waals surface area contributed by atoms with Crippen LogP contribution in [-0.4, -0.2) is 66.4 Å².